The lowest BCUT2D eigenvalue weighted by Crippen LogP contribution is -2.09. The molecule has 2 aromatic heterocycles. The molecule has 3 aromatic rings. The van der Waals surface area contributed by atoms with Crippen LogP contribution in [0.1, 0.15) is 5.82 Å². The smallest absolute Gasteiger partial charge is 0.196 e. The topological polar surface area (TPSA) is 56.5 Å². The van der Waals surface area contributed by atoms with E-state index in [4.69, 9.17) is 0 Å². The average molecular weight is 370 g/mol. The van der Waals surface area contributed by atoms with E-state index in [0.29, 0.717) is 5.56 Å². The molecule has 0 unspecified atom stereocenters. The third kappa shape index (κ3) is 2.84. The van der Waals surface area contributed by atoms with E-state index in [1.165, 1.54) is 6.20 Å². The molecule has 0 fully saturated rings. The molecule has 0 radical (unpaired) electrons. The van der Waals surface area contributed by atoms with Gasteiger partial charge in [0.2, 0.25) is 4.73 Å². The van der Waals surface area contributed by atoms with E-state index in [9.17, 15) is 13.2 Å². The van der Waals surface area contributed by atoms with E-state index in [0.717, 1.165) is 10.2 Å². The summed E-state index contributed by atoms with van der Waals surface area (Å²) >= 11 is 2.95. The number of benzene rings is 1. The molecule has 0 spiro atoms. The fourth-order valence-electron chi connectivity index (χ4n) is 1.81. The number of nitrogens with zero attached hydrogens (tertiary/aromatic N) is 5. The fourth-order valence-corrected chi connectivity index (χ4v) is 2.24. The summed E-state index contributed by atoms with van der Waals surface area (Å²) < 4.78 is 38.8. The summed E-state index contributed by atoms with van der Waals surface area (Å²) in [6, 6.07) is 10.9. The Hall–Kier alpha value is -2.29. The molecule has 22 heavy (non-hydrogen) atoms. The summed E-state index contributed by atoms with van der Waals surface area (Å²) in [5.74, 6) is -1.11. The molecule has 0 aliphatic carbocycles. The zero-order valence-corrected chi connectivity index (χ0v) is 12.4. The lowest BCUT2D eigenvalue weighted by atomic mass is 10.1. The first kappa shape index (κ1) is 14.6. The van der Waals surface area contributed by atoms with Crippen molar-refractivity contribution >= 4 is 15.9 Å². The molecule has 3 rings (SSSR count). The predicted octanol–water partition coefficient (Wildman–Crippen LogP) is 3.51. The number of halogens is 4. The molecule has 5 nitrogen and oxygen atoms in total. The van der Waals surface area contributed by atoms with E-state index < -0.39 is 12.0 Å². The van der Waals surface area contributed by atoms with Crippen LogP contribution in [-0.4, -0.2) is 25.0 Å². The fraction of sp³-hybridized carbons (Fsp3) is 0.0769. The molecular formula is C13H7BrF3N5. The van der Waals surface area contributed by atoms with Gasteiger partial charge in [0.15, 0.2) is 5.82 Å². The van der Waals surface area contributed by atoms with Crippen molar-refractivity contribution in [2.24, 2.45) is 0 Å². The van der Waals surface area contributed by atoms with E-state index in [-0.39, 0.29) is 10.6 Å². The van der Waals surface area contributed by atoms with Crippen LogP contribution in [0, 0.1) is 0 Å². The predicted molar refractivity (Wildman–Crippen MR) is 75.1 cm³/mol. The standard InChI is InChI=1S/C13H7BrF3N5/c14-12-19-11(13(15,16)17)21-22(12)10-6-9(7-18-20-10)8-4-2-1-3-5-8/h1-7H. The highest BCUT2D eigenvalue weighted by Crippen LogP contribution is 2.28. The summed E-state index contributed by atoms with van der Waals surface area (Å²) in [6.45, 7) is 0. The van der Waals surface area contributed by atoms with Crippen molar-refractivity contribution in [1.82, 2.24) is 25.0 Å². The van der Waals surface area contributed by atoms with E-state index in [1.54, 1.807) is 6.07 Å². The molecule has 112 valence electrons. The monoisotopic (exact) mass is 369 g/mol. The van der Waals surface area contributed by atoms with Crippen LogP contribution in [0.3, 0.4) is 0 Å². The largest absolute Gasteiger partial charge is 0.453 e. The highest BCUT2D eigenvalue weighted by Gasteiger charge is 2.37. The normalized spacial score (nSPS) is 11.6. The number of rotatable bonds is 2. The summed E-state index contributed by atoms with van der Waals surface area (Å²) in [5.41, 5.74) is 1.58. The summed E-state index contributed by atoms with van der Waals surface area (Å²) in [6.07, 6.45) is -3.10. The minimum absolute atomic E-state index is 0.0978. The van der Waals surface area contributed by atoms with Crippen LogP contribution in [0.2, 0.25) is 0 Å². The van der Waals surface area contributed by atoms with Crippen molar-refractivity contribution in [1.29, 1.82) is 0 Å². The first-order valence-electron chi connectivity index (χ1n) is 6.03. The van der Waals surface area contributed by atoms with E-state index in [2.05, 4.69) is 36.2 Å². The van der Waals surface area contributed by atoms with Crippen molar-refractivity contribution < 1.29 is 13.2 Å². The van der Waals surface area contributed by atoms with Gasteiger partial charge in [-0.05, 0) is 27.6 Å². The van der Waals surface area contributed by atoms with E-state index >= 15 is 0 Å². The van der Waals surface area contributed by atoms with Crippen LogP contribution < -0.4 is 0 Å². The van der Waals surface area contributed by atoms with Crippen LogP contribution in [0.25, 0.3) is 16.9 Å². The van der Waals surface area contributed by atoms with Gasteiger partial charge in [-0.15, -0.1) is 10.2 Å². The van der Waals surface area contributed by atoms with Crippen LogP contribution in [0.4, 0.5) is 13.2 Å². The van der Waals surface area contributed by atoms with Gasteiger partial charge in [0.05, 0.1) is 6.20 Å². The molecule has 0 amide bonds. The summed E-state index contributed by atoms with van der Waals surface area (Å²) in [5, 5.41) is 11.0. The number of hydrogen-bond donors (Lipinski definition) is 0. The van der Waals surface area contributed by atoms with Gasteiger partial charge < -0.3 is 0 Å². The molecule has 0 bridgehead atoms. The van der Waals surface area contributed by atoms with E-state index in [1.807, 2.05) is 30.3 Å². The quantitative estimate of drug-likeness (QED) is 0.693. The Labute approximate surface area is 131 Å². The molecule has 0 N–H and O–H groups in total. The molecule has 1 aromatic carbocycles. The molecule has 0 atom stereocenters. The van der Waals surface area contributed by atoms with Crippen LogP contribution in [0.15, 0.2) is 47.3 Å². The van der Waals surface area contributed by atoms with Crippen LogP contribution >= 0.6 is 15.9 Å². The number of alkyl halides is 3. The number of aromatic nitrogens is 5. The second-order valence-corrected chi connectivity index (χ2v) is 4.99. The van der Waals surface area contributed by atoms with Gasteiger partial charge >= 0.3 is 6.18 Å². The second-order valence-electron chi connectivity index (χ2n) is 4.28. The highest BCUT2D eigenvalue weighted by molar-refractivity contribution is 9.10. The van der Waals surface area contributed by atoms with Gasteiger partial charge in [-0.2, -0.15) is 27.9 Å². The van der Waals surface area contributed by atoms with Crippen molar-refractivity contribution in [2.45, 2.75) is 6.18 Å². The molecule has 0 saturated heterocycles. The van der Waals surface area contributed by atoms with Gasteiger partial charge in [0.1, 0.15) is 0 Å². The van der Waals surface area contributed by atoms with Gasteiger partial charge in [0, 0.05) is 5.56 Å². The summed E-state index contributed by atoms with van der Waals surface area (Å²) in [7, 11) is 0. The van der Waals surface area contributed by atoms with Gasteiger partial charge in [-0.1, -0.05) is 30.3 Å². The SMILES string of the molecule is FC(F)(F)c1nc(Br)n(-c2cc(-c3ccccc3)cnn2)n1. The maximum Gasteiger partial charge on any atom is 0.453 e. The summed E-state index contributed by atoms with van der Waals surface area (Å²) in [4.78, 5) is 3.34. The van der Waals surface area contributed by atoms with Gasteiger partial charge in [0.25, 0.3) is 5.82 Å². The highest BCUT2D eigenvalue weighted by atomic mass is 79.9. The Morgan fingerprint density at radius 3 is 2.41 bits per heavy atom. The molecule has 0 saturated carbocycles. The minimum Gasteiger partial charge on any atom is -0.196 e. The maximum atomic E-state index is 12.6. The Kier molecular flexibility index (Phi) is 3.65. The Bertz CT molecular complexity index is 801. The minimum atomic E-state index is -4.63. The molecule has 9 heteroatoms. The molecule has 0 aliphatic heterocycles. The van der Waals surface area contributed by atoms with Gasteiger partial charge in [-0.25, -0.2) is 0 Å². The second kappa shape index (κ2) is 5.48. The average Bonchev–Trinajstić information content (AvgIpc) is 2.90. The third-order valence-electron chi connectivity index (χ3n) is 2.79. The van der Waals surface area contributed by atoms with Crippen LogP contribution in [0.5, 0.6) is 0 Å². The first-order valence-corrected chi connectivity index (χ1v) is 6.83. The van der Waals surface area contributed by atoms with Crippen molar-refractivity contribution in [3.8, 4) is 16.9 Å². The Morgan fingerprint density at radius 1 is 1.05 bits per heavy atom. The van der Waals surface area contributed by atoms with Crippen molar-refractivity contribution in [2.75, 3.05) is 0 Å². The van der Waals surface area contributed by atoms with Crippen LogP contribution in [-0.2, 0) is 6.18 Å². The molecular weight excluding hydrogens is 363 g/mol. The van der Waals surface area contributed by atoms with Crippen molar-refractivity contribution in [3.05, 3.63) is 53.2 Å². The van der Waals surface area contributed by atoms with Crippen molar-refractivity contribution in [3.63, 3.8) is 0 Å². The first-order chi connectivity index (χ1) is 10.4. The Morgan fingerprint density at radius 2 is 1.77 bits per heavy atom. The zero-order valence-electron chi connectivity index (χ0n) is 10.8. The molecule has 0 aliphatic rings. The third-order valence-corrected chi connectivity index (χ3v) is 3.30. The number of hydrogen-bond acceptors (Lipinski definition) is 4. The Balaban J connectivity index is 2.05. The maximum absolute atomic E-state index is 12.6. The molecule has 2 heterocycles. The lowest BCUT2D eigenvalue weighted by Gasteiger charge is -2.04. The zero-order chi connectivity index (χ0) is 15.7. The van der Waals surface area contributed by atoms with Gasteiger partial charge in [-0.3, -0.25) is 0 Å². The lowest BCUT2D eigenvalue weighted by molar-refractivity contribution is -0.144.